The third-order valence-corrected chi connectivity index (χ3v) is 5.85. The highest BCUT2D eigenvalue weighted by atomic mass is 16.5. The zero-order valence-electron chi connectivity index (χ0n) is 19.4. The summed E-state index contributed by atoms with van der Waals surface area (Å²) in [6.45, 7) is 2.09. The molecule has 0 fully saturated rings. The summed E-state index contributed by atoms with van der Waals surface area (Å²) < 4.78 is 16.8. The molecule has 1 aromatic heterocycles. The molecule has 7 nitrogen and oxygen atoms in total. The van der Waals surface area contributed by atoms with Crippen LogP contribution < -0.4 is 15.0 Å². The normalized spacial score (nSPS) is 14.7. The van der Waals surface area contributed by atoms with Crippen LogP contribution >= 0.6 is 0 Å². The second-order valence-corrected chi connectivity index (χ2v) is 7.94. The number of fused-ring (bicyclic) bond motifs is 1. The lowest BCUT2D eigenvalue weighted by Gasteiger charge is -2.37. The van der Waals surface area contributed by atoms with Crippen LogP contribution in [0.15, 0.2) is 89.3 Å². The molecule has 0 aliphatic carbocycles. The molecule has 0 radical (unpaired) electrons. The molecular formula is C28H24N2O5. The van der Waals surface area contributed by atoms with Gasteiger partial charge < -0.3 is 19.2 Å². The number of hydrogen-bond acceptors (Lipinski definition) is 6. The number of nitrogens with zero attached hydrogens (tertiary/aromatic N) is 1. The van der Waals surface area contributed by atoms with E-state index in [-0.39, 0.29) is 11.9 Å². The summed E-state index contributed by atoms with van der Waals surface area (Å²) in [5.41, 5.74) is 3.20. The van der Waals surface area contributed by atoms with Crippen molar-refractivity contribution in [2.24, 2.45) is 0 Å². The quantitative estimate of drug-likeness (QED) is 0.355. The van der Waals surface area contributed by atoms with Crippen molar-refractivity contribution in [2.75, 3.05) is 23.9 Å². The number of benzene rings is 3. The van der Waals surface area contributed by atoms with E-state index in [0.29, 0.717) is 40.7 Å². The average molecular weight is 469 g/mol. The van der Waals surface area contributed by atoms with E-state index in [1.165, 1.54) is 0 Å². The van der Waals surface area contributed by atoms with E-state index in [9.17, 15) is 9.59 Å². The van der Waals surface area contributed by atoms with E-state index >= 15 is 0 Å². The van der Waals surface area contributed by atoms with Crippen LogP contribution in [0.4, 0.5) is 11.4 Å². The first kappa shape index (κ1) is 22.3. The maximum Gasteiger partial charge on any atom is 0.338 e. The Morgan fingerprint density at radius 1 is 0.971 bits per heavy atom. The van der Waals surface area contributed by atoms with Gasteiger partial charge in [-0.05, 0) is 55.5 Å². The molecule has 0 unspecified atom stereocenters. The molecule has 1 atom stereocenters. The number of hydrogen-bond donors (Lipinski definition) is 1. The number of esters is 1. The molecule has 0 saturated carbocycles. The molecule has 0 bridgehead atoms. The molecule has 4 aromatic rings. The van der Waals surface area contributed by atoms with Gasteiger partial charge in [0.25, 0.3) is 5.91 Å². The van der Waals surface area contributed by atoms with Crippen molar-refractivity contribution < 1.29 is 23.5 Å². The van der Waals surface area contributed by atoms with Gasteiger partial charge in [0.05, 0.1) is 30.5 Å². The highest BCUT2D eigenvalue weighted by molar-refractivity contribution is 6.12. The van der Waals surface area contributed by atoms with Gasteiger partial charge in [-0.15, -0.1) is 0 Å². The van der Waals surface area contributed by atoms with E-state index in [1.54, 1.807) is 37.1 Å². The summed E-state index contributed by atoms with van der Waals surface area (Å²) in [5, 5.41) is 3.44. The first-order valence-corrected chi connectivity index (χ1v) is 11.3. The molecule has 1 aliphatic rings. The Hall–Kier alpha value is -4.52. The van der Waals surface area contributed by atoms with Crippen molar-refractivity contribution in [2.45, 2.75) is 13.1 Å². The summed E-state index contributed by atoms with van der Waals surface area (Å²) in [7, 11) is 1.58. The smallest absolute Gasteiger partial charge is 0.338 e. The molecule has 1 aliphatic heterocycles. The molecule has 35 heavy (non-hydrogen) atoms. The number of anilines is 2. The summed E-state index contributed by atoms with van der Waals surface area (Å²) in [5.74, 6) is 1.22. The Morgan fingerprint density at radius 2 is 1.71 bits per heavy atom. The monoisotopic (exact) mass is 468 g/mol. The fourth-order valence-corrected chi connectivity index (χ4v) is 4.17. The molecule has 1 amide bonds. The first-order chi connectivity index (χ1) is 17.1. The maximum absolute atomic E-state index is 13.6. The number of amides is 1. The number of ether oxygens (including phenoxy) is 2. The fourth-order valence-electron chi connectivity index (χ4n) is 4.17. The standard InChI is InChI=1S/C28H24N2O5/c1-3-34-28(32)19-14-12-18(13-15-19)23-16-17-25(35-23)26-29-21-9-5-4-8-20(21)27(31)30(26)22-10-6-7-11-24(22)33-2/h4-17,26,29H,3H2,1-2H3/t26-/m0/s1. The molecule has 5 rings (SSSR count). The first-order valence-electron chi connectivity index (χ1n) is 11.3. The van der Waals surface area contributed by atoms with E-state index in [0.717, 1.165) is 11.3 Å². The predicted molar refractivity (Wildman–Crippen MR) is 133 cm³/mol. The van der Waals surface area contributed by atoms with Crippen LogP contribution in [-0.4, -0.2) is 25.6 Å². The summed E-state index contributed by atoms with van der Waals surface area (Å²) in [6.07, 6.45) is -0.596. The fraction of sp³-hybridized carbons (Fsp3) is 0.143. The second-order valence-electron chi connectivity index (χ2n) is 7.94. The molecule has 3 aromatic carbocycles. The molecule has 0 spiro atoms. The van der Waals surface area contributed by atoms with Gasteiger partial charge >= 0.3 is 5.97 Å². The van der Waals surface area contributed by atoms with Crippen LogP contribution in [0.2, 0.25) is 0 Å². The molecule has 176 valence electrons. The Kier molecular flexibility index (Phi) is 5.97. The van der Waals surface area contributed by atoms with Crippen molar-refractivity contribution in [1.82, 2.24) is 0 Å². The van der Waals surface area contributed by atoms with Gasteiger partial charge in [-0.2, -0.15) is 0 Å². The summed E-state index contributed by atoms with van der Waals surface area (Å²) >= 11 is 0. The van der Waals surface area contributed by atoms with Gasteiger partial charge in [-0.25, -0.2) is 4.79 Å². The van der Waals surface area contributed by atoms with Crippen LogP contribution in [0.5, 0.6) is 5.75 Å². The predicted octanol–water partition coefficient (Wildman–Crippen LogP) is 5.90. The molecule has 7 heteroatoms. The maximum atomic E-state index is 13.6. The molecule has 2 heterocycles. The van der Waals surface area contributed by atoms with Crippen LogP contribution in [0, 0.1) is 0 Å². The zero-order chi connectivity index (χ0) is 24.4. The van der Waals surface area contributed by atoms with E-state index in [4.69, 9.17) is 13.9 Å². The van der Waals surface area contributed by atoms with Gasteiger partial charge in [0.2, 0.25) is 0 Å². The van der Waals surface area contributed by atoms with Gasteiger partial charge in [0, 0.05) is 11.3 Å². The number of nitrogens with one attached hydrogen (secondary N) is 1. The number of rotatable bonds is 6. The second kappa shape index (κ2) is 9.38. The Labute approximate surface area is 202 Å². The summed E-state index contributed by atoms with van der Waals surface area (Å²) in [4.78, 5) is 27.2. The lowest BCUT2D eigenvalue weighted by molar-refractivity contribution is 0.0526. The van der Waals surface area contributed by atoms with Gasteiger partial charge in [-0.1, -0.05) is 36.4 Å². The number of para-hydroxylation sites is 3. The number of carbonyl (C=O) groups excluding carboxylic acids is 2. The van der Waals surface area contributed by atoms with Crippen LogP contribution in [0.1, 0.15) is 39.6 Å². The Balaban J connectivity index is 1.53. The van der Waals surface area contributed by atoms with E-state index in [2.05, 4.69) is 5.32 Å². The number of furan rings is 1. The van der Waals surface area contributed by atoms with Gasteiger partial charge in [0.15, 0.2) is 6.17 Å². The SMILES string of the molecule is CCOC(=O)c1ccc(-c2ccc([C@H]3Nc4ccccc4C(=O)N3c3ccccc3OC)o2)cc1. The Morgan fingerprint density at radius 3 is 2.49 bits per heavy atom. The lowest BCUT2D eigenvalue weighted by Crippen LogP contribution is -2.43. The average Bonchev–Trinajstić information content (AvgIpc) is 3.39. The Bertz CT molecular complexity index is 1380. The molecular weight excluding hydrogens is 444 g/mol. The minimum atomic E-state index is -0.596. The highest BCUT2D eigenvalue weighted by Crippen LogP contribution is 2.41. The lowest BCUT2D eigenvalue weighted by atomic mass is 10.1. The van der Waals surface area contributed by atoms with Crippen LogP contribution in [0.25, 0.3) is 11.3 Å². The minimum Gasteiger partial charge on any atom is -0.495 e. The minimum absolute atomic E-state index is 0.161. The molecule has 1 N–H and O–H groups in total. The van der Waals surface area contributed by atoms with Crippen molar-refractivity contribution in [3.05, 3.63) is 102 Å². The third kappa shape index (κ3) is 4.12. The largest absolute Gasteiger partial charge is 0.495 e. The topological polar surface area (TPSA) is 81.0 Å². The number of carbonyl (C=O) groups is 2. The van der Waals surface area contributed by atoms with Crippen molar-refractivity contribution in [3.8, 4) is 17.1 Å². The van der Waals surface area contributed by atoms with Crippen LogP contribution in [0.3, 0.4) is 0 Å². The van der Waals surface area contributed by atoms with E-state index in [1.807, 2.05) is 66.7 Å². The van der Waals surface area contributed by atoms with Gasteiger partial charge in [-0.3, -0.25) is 9.69 Å². The zero-order valence-corrected chi connectivity index (χ0v) is 19.4. The van der Waals surface area contributed by atoms with Crippen molar-refractivity contribution >= 4 is 23.3 Å². The highest BCUT2D eigenvalue weighted by Gasteiger charge is 2.37. The van der Waals surface area contributed by atoms with E-state index < -0.39 is 6.17 Å². The van der Waals surface area contributed by atoms with Crippen molar-refractivity contribution in [3.63, 3.8) is 0 Å². The van der Waals surface area contributed by atoms with Crippen molar-refractivity contribution in [1.29, 1.82) is 0 Å². The third-order valence-electron chi connectivity index (χ3n) is 5.85. The van der Waals surface area contributed by atoms with Gasteiger partial charge in [0.1, 0.15) is 17.3 Å². The summed E-state index contributed by atoms with van der Waals surface area (Å²) in [6, 6.07) is 25.5. The molecule has 0 saturated heterocycles. The van der Waals surface area contributed by atoms with Crippen LogP contribution in [-0.2, 0) is 4.74 Å². The number of methoxy groups -OCH3 is 1.